The maximum absolute atomic E-state index is 4.25. The highest BCUT2D eigenvalue weighted by atomic mass is 32.1. The van der Waals surface area contributed by atoms with E-state index in [9.17, 15) is 0 Å². The highest BCUT2D eigenvalue weighted by molar-refractivity contribution is 7.80. The molecule has 12 heavy (non-hydrogen) atoms. The zero-order chi connectivity index (χ0) is 8.39. The van der Waals surface area contributed by atoms with Crippen LogP contribution in [0.2, 0.25) is 0 Å². The minimum atomic E-state index is 0.582. The van der Waals surface area contributed by atoms with Crippen LogP contribution < -0.4 is 5.32 Å². The molecule has 1 N–H and O–H groups in total. The molecule has 64 valence electrons. The molecule has 1 heterocycles. The first kappa shape index (κ1) is 8.14. The third kappa shape index (κ3) is 1.65. The van der Waals surface area contributed by atoms with E-state index < -0.39 is 0 Å². The molecule has 0 aromatic heterocycles. The van der Waals surface area contributed by atoms with Crippen LogP contribution in [0.5, 0.6) is 0 Å². The molecule has 1 aliphatic rings. The van der Waals surface area contributed by atoms with Crippen LogP contribution in [0.3, 0.4) is 0 Å². The van der Waals surface area contributed by atoms with E-state index in [-0.39, 0.29) is 0 Å². The maximum Gasteiger partial charge on any atom is 0.0320 e. The molecule has 0 bridgehead atoms. The van der Waals surface area contributed by atoms with Gasteiger partial charge < -0.3 is 5.32 Å². The first-order chi connectivity index (χ1) is 5.86. The SMILES string of the molecule is Sc1ccc(C2CCCN2)cc1. The Morgan fingerprint density at radius 3 is 2.58 bits per heavy atom. The highest BCUT2D eigenvalue weighted by Crippen LogP contribution is 2.23. The van der Waals surface area contributed by atoms with E-state index in [4.69, 9.17) is 0 Å². The summed E-state index contributed by atoms with van der Waals surface area (Å²) in [6, 6.07) is 9.01. The standard InChI is InChI=1S/C10H13NS/c12-9-5-3-8(4-6-9)10-2-1-7-11-10/h3-6,10-12H,1-2,7H2. The zero-order valence-electron chi connectivity index (χ0n) is 6.96. The van der Waals surface area contributed by atoms with E-state index >= 15 is 0 Å². The third-order valence-electron chi connectivity index (χ3n) is 2.36. The van der Waals surface area contributed by atoms with Crippen molar-refractivity contribution < 1.29 is 0 Å². The van der Waals surface area contributed by atoms with Crippen molar-refractivity contribution in [3.8, 4) is 0 Å². The minimum absolute atomic E-state index is 0.582. The summed E-state index contributed by atoms with van der Waals surface area (Å²) >= 11 is 4.25. The van der Waals surface area contributed by atoms with Crippen molar-refractivity contribution in [2.75, 3.05) is 6.54 Å². The largest absolute Gasteiger partial charge is 0.310 e. The van der Waals surface area contributed by atoms with Gasteiger partial charge >= 0.3 is 0 Å². The molecule has 0 radical (unpaired) electrons. The van der Waals surface area contributed by atoms with Gasteiger partial charge in [0, 0.05) is 10.9 Å². The van der Waals surface area contributed by atoms with Crippen molar-refractivity contribution in [1.29, 1.82) is 0 Å². The van der Waals surface area contributed by atoms with Crippen molar-refractivity contribution in [2.24, 2.45) is 0 Å². The lowest BCUT2D eigenvalue weighted by Crippen LogP contribution is -2.12. The molecule has 0 aliphatic carbocycles. The summed E-state index contributed by atoms with van der Waals surface area (Å²) in [5.41, 5.74) is 1.39. The zero-order valence-corrected chi connectivity index (χ0v) is 7.85. The van der Waals surface area contributed by atoms with E-state index in [0.717, 1.165) is 11.4 Å². The van der Waals surface area contributed by atoms with Crippen LogP contribution in [0.15, 0.2) is 29.2 Å². The van der Waals surface area contributed by atoms with Gasteiger partial charge in [0.25, 0.3) is 0 Å². The molecule has 2 rings (SSSR count). The Kier molecular flexibility index (Phi) is 2.38. The second-order valence-electron chi connectivity index (χ2n) is 3.24. The molecule has 0 amide bonds. The lowest BCUT2D eigenvalue weighted by atomic mass is 10.1. The molecule has 1 unspecified atom stereocenters. The van der Waals surface area contributed by atoms with Crippen molar-refractivity contribution in [3.05, 3.63) is 29.8 Å². The van der Waals surface area contributed by atoms with E-state index in [1.54, 1.807) is 0 Å². The van der Waals surface area contributed by atoms with Crippen LogP contribution in [0.4, 0.5) is 0 Å². The van der Waals surface area contributed by atoms with Gasteiger partial charge in [-0.3, -0.25) is 0 Å². The highest BCUT2D eigenvalue weighted by Gasteiger charge is 2.14. The number of benzene rings is 1. The van der Waals surface area contributed by atoms with E-state index in [1.165, 1.54) is 18.4 Å². The van der Waals surface area contributed by atoms with Gasteiger partial charge in [-0.2, -0.15) is 0 Å². The van der Waals surface area contributed by atoms with Crippen LogP contribution in [-0.4, -0.2) is 6.54 Å². The van der Waals surface area contributed by atoms with Crippen molar-refractivity contribution in [2.45, 2.75) is 23.8 Å². The van der Waals surface area contributed by atoms with E-state index in [2.05, 4.69) is 42.2 Å². The fourth-order valence-electron chi connectivity index (χ4n) is 1.68. The molecule has 1 aromatic rings. The van der Waals surface area contributed by atoms with Gasteiger partial charge in [-0.1, -0.05) is 12.1 Å². The number of rotatable bonds is 1. The topological polar surface area (TPSA) is 12.0 Å². The van der Waals surface area contributed by atoms with Crippen LogP contribution in [-0.2, 0) is 0 Å². The fraction of sp³-hybridized carbons (Fsp3) is 0.400. The average Bonchev–Trinajstić information content (AvgIpc) is 2.58. The predicted octanol–water partition coefficient (Wildman–Crippen LogP) is 2.40. The first-order valence-corrected chi connectivity index (χ1v) is 4.83. The Morgan fingerprint density at radius 2 is 2.00 bits per heavy atom. The molecule has 0 spiro atoms. The summed E-state index contributed by atoms with van der Waals surface area (Å²) in [5.74, 6) is 0. The van der Waals surface area contributed by atoms with E-state index in [1.807, 2.05) is 0 Å². The maximum atomic E-state index is 4.25. The molecule has 2 heteroatoms. The van der Waals surface area contributed by atoms with E-state index in [0.29, 0.717) is 6.04 Å². The average molecular weight is 179 g/mol. The molecule has 1 fully saturated rings. The fourth-order valence-corrected chi connectivity index (χ4v) is 1.82. The Labute approximate surface area is 78.6 Å². The van der Waals surface area contributed by atoms with Crippen molar-refractivity contribution in [1.82, 2.24) is 5.32 Å². The lowest BCUT2D eigenvalue weighted by Gasteiger charge is -2.09. The monoisotopic (exact) mass is 179 g/mol. The molecule has 1 saturated heterocycles. The molecule has 1 aromatic carbocycles. The van der Waals surface area contributed by atoms with Crippen molar-refractivity contribution >= 4 is 12.6 Å². The van der Waals surface area contributed by atoms with Crippen molar-refractivity contribution in [3.63, 3.8) is 0 Å². The molecule has 1 atom stereocenters. The van der Waals surface area contributed by atoms with Gasteiger partial charge in [0.05, 0.1) is 0 Å². The summed E-state index contributed by atoms with van der Waals surface area (Å²) in [6.45, 7) is 1.16. The quantitative estimate of drug-likeness (QED) is 0.631. The van der Waals surface area contributed by atoms with Gasteiger partial charge in [0.1, 0.15) is 0 Å². The lowest BCUT2D eigenvalue weighted by molar-refractivity contribution is 0.647. The Bertz CT molecular complexity index is 249. The Morgan fingerprint density at radius 1 is 1.25 bits per heavy atom. The van der Waals surface area contributed by atoms with Crippen LogP contribution in [0, 0.1) is 0 Å². The second kappa shape index (κ2) is 3.50. The Hall–Kier alpha value is -0.470. The molecular formula is C10H13NS. The normalized spacial score (nSPS) is 22.9. The Balaban J connectivity index is 2.17. The second-order valence-corrected chi connectivity index (χ2v) is 3.76. The summed E-state index contributed by atoms with van der Waals surface area (Å²) in [6.07, 6.45) is 2.57. The third-order valence-corrected chi connectivity index (χ3v) is 2.65. The number of hydrogen-bond acceptors (Lipinski definition) is 2. The van der Waals surface area contributed by atoms with Gasteiger partial charge in [-0.25, -0.2) is 0 Å². The van der Waals surface area contributed by atoms with Gasteiger partial charge in [-0.05, 0) is 37.1 Å². The molecular weight excluding hydrogens is 166 g/mol. The molecule has 0 saturated carbocycles. The summed E-state index contributed by atoms with van der Waals surface area (Å²) in [4.78, 5) is 1.04. The predicted molar refractivity (Wildman–Crippen MR) is 53.7 cm³/mol. The number of hydrogen-bond donors (Lipinski definition) is 2. The van der Waals surface area contributed by atoms with Gasteiger partial charge in [0.15, 0.2) is 0 Å². The summed E-state index contributed by atoms with van der Waals surface area (Å²) < 4.78 is 0. The van der Waals surface area contributed by atoms with Crippen LogP contribution in [0.1, 0.15) is 24.4 Å². The smallest absolute Gasteiger partial charge is 0.0320 e. The first-order valence-electron chi connectivity index (χ1n) is 4.38. The van der Waals surface area contributed by atoms with Crippen LogP contribution >= 0.6 is 12.6 Å². The minimum Gasteiger partial charge on any atom is -0.310 e. The van der Waals surface area contributed by atoms with Crippen LogP contribution in [0.25, 0.3) is 0 Å². The van der Waals surface area contributed by atoms with Gasteiger partial charge in [0.2, 0.25) is 0 Å². The molecule has 1 nitrogen and oxygen atoms in total. The number of nitrogens with one attached hydrogen (secondary N) is 1. The molecule has 1 aliphatic heterocycles. The summed E-state index contributed by atoms with van der Waals surface area (Å²) in [5, 5.41) is 3.47. The van der Waals surface area contributed by atoms with Gasteiger partial charge in [-0.15, -0.1) is 12.6 Å². The number of thiol groups is 1. The summed E-state index contributed by atoms with van der Waals surface area (Å²) in [7, 11) is 0.